The molecule has 4 heteroatoms. The lowest BCUT2D eigenvalue weighted by Crippen LogP contribution is -2.01. The first kappa shape index (κ1) is 15.4. The van der Waals surface area contributed by atoms with E-state index in [0.29, 0.717) is 18.1 Å². The molecule has 2 aromatic carbocycles. The van der Waals surface area contributed by atoms with Gasteiger partial charge in [-0.15, -0.1) is 0 Å². The van der Waals surface area contributed by atoms with Crippen LogP contribution in [0.3, 0.4) is 0 Å². The van der Waals surface area contributed by atoms with Crippen LogP contribution in [0.4, 0.5) is 0 Å². The molecule has 3 rings (SSSR count). The maximum atomic E-state index is 12.0. The Bertz CT molecular complexity index is 687. The van der Waals surface area contributed by atoms with Gasteiger partial charge in [-0.05, 0) is 54.8 Å². The molecule has 0 bridgehead atoms. The number of methoxy groups -OCH3 is 2. The van der Waals surface area contributed by atoms with Gasteiger partial charge in [-0.1, -0.05) is 6.07 Å². The van der Waals surface area contributed by atoms with E-state index in [0.717, 1.165) is 29.7 Å². The largest absolute Gasteiger partial charge is 0.493 e. The molecule has 23 heavy (non-hydrogen) atoms. The number of ketones is 1. The van der Waals surface area contributed by atoms with E-state index in [2.05, 4.69) is 0 Å². The van der Waals surface area contributed by atoms with Crippen LogP contribution >= 0.6 is 0 Å². The number of rotatable bonds is 7. The average molecular weight is 312 g/mol. The zero-order valence-corrected chi connectivity index (χ0v) is 13.4. The van der Waals surface area contributed by atoms with Crippen molar-refractivity contribution in [3.8, 4) is 17.2 Å². The molecule has 0 spiro atoms. The van der Waals surface area contributed by atoms with Crippen molar-refractivity contribution in [2.45, 2.75) is 19.4 Å². The van der Waals surface area contributed by atoms with Gasteiger partial charge in [0.05, 0.1) is 14.2 Å². The maximum Gasteiger partial charge on any atom is 0.165 e. The molecule has 0 heterocycles. The number of ether oxygens (including phenoxy) is 3. The van der Waals surface area contributed by atoms with E-state index in [9.17, 15) is 4.79 Å². The summed E-state index contributed by atoms with van der Waals surface area (Å²) in [6, 6.07) is 13.0. The fourth-order valence-corrected chi connectivity index (χ4v) is 2.43. The second-order valence-corrected chi connectivity index (χ2v) is 5.64. The number of carbonyl (C=O) groups is 1. The molecule has 0 saturated heterocycles. The second-order valence-electron chi connectivity index (χ2n) is 5.64. The summed E-state index contributed by atoms with van der Waals surface area (Å²) in [6.07, 6.45) is 2.05. The van der Waals surface area contributed by atoms with Crippen LogP contribution in [0.25, 0.3) is 0 Å². The first-order valence-electron chi connectivity index (χ1n) is 7.69. The van der Waals surface area contributed by atoms with Crippen molar-refractivity contribution in [1.82, 2.24) is 0 Å². The van der Waals surface area contributed by atoms with Crippen molar-refractivity contribution in [3.05, 3.63) is 53.6 Å². The number of Topliss-reactive ketones (excluding diaryl/α,β-unsaturated/α-hetero) is 1. The van der Waals surface area contributed by atoms with E-state index < -0.39 is 0 Å². The Kier molecular flexibility index (Phi) is 4.51. The van der Waals surface area contributed by atoms with Crippen LogP contribution in [0.2, 0.25) is 0 Å². The summed E-state index contributed by atoms with van der Waals surface area (Å²) >= 11 is 0. The van der Waals surface area contributed by atoms with E-state index in [1.54, 1.807) is 14.2 Å². The Labute approximate surface area is 136 Å². The van der Waals surface area contributed by atoms with Gasteiger partial charge in [0.2, 0.25) is 0 Å². The van der Waals surface area contributed by atoms with E-state index in [1.165, 1.54) is 0 Å². The maximum absolute atomic E-state index is 12.0. The number of carbonyl (C=O) groups excluding carboxylic acids is 1. The molecule has 0 radical (unpaired) electrons. The minimum atomic E-state index is 0.244. The summed E-state index contributed by atoms with van der Waals surface area (Å²) in [4.78, 5) is 12.0. The van der Waals surface area contributed by atoms with Gasteiger partial charge in [-0.25, -0.2) is 0 Å². The Morgan fingerprint density at radius 1 is 1.00 bits per heavy atom. The zero-order chi connectivity index (χ0) is 16.2. The second kappa shape index (κ2) is 6.73. The van der Waals surface area contributed by atoms with Crippen LogP contribution in [0.1, 0.15) is 28.8 Å². The van der Waals surface area contributed by atoms with Crippen LogP contribution < -0.4 is 14.2 Å². The minimum Gasteiger partial charge on any atom is -0.493 e. The van der Waals surface area contributed by atoms with Crippen molar-refractivity contribution in [1.29, 1.82) is 0 Å². The molecule has 2 aromatic rings. The van der Waals surface area contributed by atoms with Crippen molar-refractivity contribution >= 4 is 5.78 Å². The molecule has 120 valence electrons. The van der Waals surface area contributed by atoms with Crippen LogP contribution in [-0.2, 0) is 6.61 Å². The average Bonchev–Trinajstić information content (AvgIpc) is 3.44. The number of hydrogen-bond donors (Lipinski definition) is 0. The van der Waals surface area contributed by atoms with Gasteiger partial charge in [-0.3, -0.25) is 4.79 Å². The fraction of sp³-hybridized carbons (Fsp3) is 0.316. The molecular formula is C19H20O4. The monoisotopic (exact) mass is 312 g/mol. The third-order valence-electron chi connectivity index (χ3n) is 3.94. The van der Waals surface area contributed by atoms with Gasteiger partial charge in [0.1, 0.15) is 12.4 Å². The van der Waals surface area contributed by atoms with Gasteiger partial charge in [-0.2, -0.15) is 0 Å². The molecule has 0 amide bonds. The van der Waals surface area contributed by atoms with Crippen molar-refractivity contribution in [2.75, 3.05) is 14.2 Å². The SMILES string of the molecule is COc1ccc(COc2ccc(C(=O)C3CC3)cc2)cc1OC. The molecule has 0 aromatic heterocycles. The van der Waals surface area contributed by atoms with Gasteiger partial charge in [0.15, 0.2) is 17.3 Å². The molecular weight excluding hydrogens is 292 g/mol. The summed E-state index contributed by atoms with van der Waals surface area (Å²) < 4.78 is 16.3. The summed E-state index contributed by atoms with van der Waals surface area (Å²) in [5.74, 6) is 2.61. The summed E-state index contributed by atoms with van der Waals surface area (Å²) in [6.45, 7) is 0.427. The van der Waals surface area contributed by atoms with E-state index in [4.69, 9.17) is 14.2 Å². The summed E-state index contributed by atoms with van der Waals surface area (Å²) in [7, 11) is 3.22. The lowest BCUT2D eigenvalue weighted by Gasteiger charge is -2.11. The van der Waals surface area contributed by atoms with Crippen LogP contribution in [0.15, 0.2) is 42.5 Å². The minimum absolute atomic E-state index is 0.244. The lowest BCUT2D eigenvalue weighted by molar-refractivity contribution is 0.0967. The first-order valence-corrected chi connectivity index (χ1v) is 7.69. The Balaban J connectivity index is 1.62. The fourth-order valence-electron chi connectivity index (χ4n) is 2.43. The molecule has 0 unspecified atom stereocenters. The molecule has 1 aliphatic carbocycles. The molecule has 4 nitrogen and oxygen atoms in total. The number of hydrogen-bond acceptors (Lipinski definition) is 4. The van der Waals surface area contributed by atoms with Crippen molar-refractivity contribution in [3.63, 3.8) is 0 Å². The molecule has 1 aliphatic rings. The normalized spacial score (nSPS) is 13.5. The van der Waals surface area contributed by atoms with Crippen LogP contribution in [-0.4, -0.2) is 20.0 Å². The molecule has 0 N–H and O–H groups in total. The van der Waals surface area contributed by atoms with Crippen molar-refractivity contribution in [2.24, 2.45) is 5.92 Å². The van der Waals surface area contributed by atoms with Gasteiger partial charge in [0, 0.05) is 11.5 Å². The summed E-state index contributed by atoms with van der Waals surface area (Å²) in [5, 5.41) is 0. The standard InChI is InChI=1S/C19H20O4/c1-21-17-10-3-13(11-18(17)22-2)12-23-16-8-6-15(7-9-16)19(20)14-4-5-14/h3,6-11,14H,4-5,12H2,1-2H3. The first-order chi connectivity index (χ1) is 11.2. The van der Waals surface area contributed by atoms with E-state index in [-0.39, 0.29) is 11.7 Å². The highest BCUT2D eigenvalue weighted by Gasteiger charge is 2.30. The smallest absolute Gasteiger partial charge is 0.165 e. The van der Waals surface area contributed by atoms with Gasteiger partial charge in [0.25, 0.3) is 0 Å². The van der Waals surface area contributed by atoms with E-state index >= 15 is 0 Å². The van der Waals surface area contributed by atoms with Gasteiger partial charge < -0.3 is 14.2 Å². The topological polar surface area (TPSA) is 44.8 Å². The summed E-state index contributed by atoms with van der Waals surface area (Å²) in [5.41, 5.74) is 1.76. The Morgan fingerprint density at radius 2 is 1.70 bits per heavy atom. The van der Waals surface area contributed by atoms with E-state index in [1.807, 2.05) is 42.5 Å². The van der Waals surface area contributed by atoms with Gasteiger partial charge >= 0.3 is 0 Å². The quantitative estimate of drug-likeness (QED) is 0.728. The Morgan fingerprint density at radius 3 is 2.30 bits per heavy atom. The molecule has 1 saturated carbocycles. The van der Waals surface area contributed by atoms with Crippen LogP contribution in [0.5, 0.6) is 17.2 Å². The van der Waals surface area contributed by atoms with Crippen LogP contribution in [0, 0.1) is 5.92 Å². The van der Waals surface area contributed by atoms with Crippen molar-refractivity contribution < 1.29 is 19.0 Å². The Hall–Kier alpha value is -2.49. The lowest BCUT2D eigenvalue weighted by atomic mass is 10.1. The molecule has 1 fully saturated rings. The highest BCUT2D eigenvalue weighted by atomic mass is 16.5. The number of benzene rings is 2. The third kappa shape index (κ3) is 3.65. The highest BCUT2D eigenvalue weighted by molar-refractivity contribution is 5.99. The molecule has 0 atom stereocenters. The zero-order valence-electron chi connectivity index (χ0n) is 13.4. The highest BCUT2D eigenvalue weighted by Crippen LogP contribution is 2.33. The third-order valence-corrected chi connectivity index (χ3v) is 3.94. The predicted molar refractivity (Wildman–Crippen MR) is 87.4 cm³/mol. The molecule has 0 aliphatic heterocycles. The predicted octanol–water partition coefficient (Wildman–Crippen LogP) is 3.88.